The number of nitrogens with one attached hydrogen (secondary N) is 1. The molecule has 2 aromatic carbocycles. The van der Waals surface area contributed by atoms with Gasteiger partial charge in [0.05, 0.1) is 11.3 Å². The molecular weight excluding hydrogens is 386 g/mol. The number of hydrogen-bond donors (Lipinski definition) is 1. The van der Waals surface area contributed by atoms with Crippen LogP contribution >= 0.6 is 27.7 Å². The van der Waals surface area contributed by atoms with Gasteiger partial charge in [-0.3, -0.25) is 4.79 Å². The smallest absolute Gasteiger partial charge is 0.256 e. The number of amides is 1. The molecule has 1 N–H and O–H groups in total. The Labute approximate surface area is 152 Å². The molecule has 0 unspecified atom stereocenters. The minimum Gasteiger partial charge on any atom is -0.325 e. The predicted octanol–water partition coefficient (Wildman–Crippen LogP) is 4.67. The fourth-order valence-corrected chi connectivity index (χ4v) is 4.06. The van der Waals surface area contributed by atoms with Crippen molar-refractivity contribution in [3.05, 3.63) is 64.8 Å². The number of benzene rings is 2. The summed E-state index contributed by atoms with van der Waals surface area (Å²) in [7, 11) is 0. The number of carbonyl (C=O) groups excluding carboxylic acids is 1. The van der Waals surface area contributed by atoms with E-state index in [0.29, 0.717) is 5.56 Å². The standard InChI is InChI=1S/C18H14BrN3OS/c19-15-7-2-1-6-14(15)17(23)20-13-5-3-4-12(10-13)16-11-22-8-9-24-18(22)21-16/h1-7,10-11H,8-9H2,(H,20,23). The molecule has 4 rings (SSSR count). The molecule has 6 heteroatoms. The highest BCUT2D eigenvalue weighted by Crippen LogP contribution is 2.30. The van der Waals surface area contributed by atoms with Crippen LogP contribution in [0.2, 0.25) is 0 Å². The molecule has 120 valence electrons. The van der Waals surface area contributed by atoms with Gasteiger partial charge in [0, 0.05) is 34.2 Å². The molecule has 1 amide bonds. The highest BCUT2D eigenvalue weighted by molar-refractivity contribution is 9.10. The Morgan fingerprint density at radius 3 is 2.92 bits per heavy atom. The fourth-order valence-electron chi connectivity index (χ4n) is 2.65. The van der Waals surface area contributed by atoms with Gasteiger partial charge >= 0.3 is 0 Å². The van der Waals surface area contributed by atoms with Gasteiger partial charge in [0.1, 0.15) is 0 Å². The Morgan fingerprint density at radius 1 is 1.21 bits per heavy atom. The van der Waals surface area contributed by atoms with Gasteiger partial charge in [0.2, 0.25) is 0 Å². The number of aryl methyl sites for hydroxylation is 1. The van der Waals surface area contributed by atoms with Crippen molar-refractivity contribution in [1.29, 1.82) is 0 Å². The number of carbonyl (C=O) groups is 1. The van der Waals surface area contributed by atoms with Crippen molar-refractivity contribution in [2.75, 3.05) is 11.1 Å². The van der Waals surface area contributed by atoms with E-state index in [-0.39, 0.29) is 5.91 Å². The minimum atomic E-state index is -0.137. The van der Waals surface area contributed by atoms with Crippen LogP contribution in [0.3, 0.4) is 0 Å². The van der Waals surface area contributed by atoms with Gasteiger partial charge in [-0.25, -0.2) is 4.98 Å². The molecule has 4 nitrogen and oxygen atoms in total. The Bertz CT molecular complexity index is 901. The molecule has 0 aliphatic carbocycles. The number of anilines is 1. The molecule has 0 radical (unpaired) electrons. The van der Waals surface area contributed by atoms with Gasteiger partial charge in [0.15, 0.2) is 5.16 Å². The molecule has 0 saturated heterocycles. The quantitative estimate of drug-likeness (QED) is 0.695. The minimum absolute atomic E-state index is 0.137. The van der Waals surface area contributed by atoms with Crippen LogP contribution in [0.4, 0.5) is 5.69 Å². The molecule has 0 atom stereocenters. The molecule has 1 aliphatic rings. The van der Waals surface area contributed by atoms with E-state index in [4.69, 9.17) is 0 Å². The van der Waals surface area contributed by atoms with Crippen LogP contribution in [0, 0.1) is 0 Å². The van der Waals surface area contributed by atoms with Crippen molar-refractivity contribution in [3.8, 4) is 11.3 Å². The van der Waals surface area contributed by atoms with Crippen LogP contribution in [0.1, 0.15) is 10.4 Å². The molecule has 3 aromatic rings. The number of nitrogens with zero attached hydrogens (tertiary/aromatic N) is 2. The largest absolute Gasteiger partial charge is 0.325 e. The maximum Gasteiger partial charge on any atom is 0.256 e. The molecular formula is C18H14BrN3OS. The van der Waals surface area contributed by atoms with Crippen LogP contribution in [0.15, 0.2) is 64.4 Å². The molecule has 1 aliphatic heterocycles. The predicted molar refractivity (Wildman–Crippen MR) is 100 cm³/mol. The zero-order chi connectivity index (χ0) is 16.5. The summed E-state index contributed by atoms with van der Waals surface area (Å²) >= 11 is 5.18. The van der Waals surface area contributed by atoms with E-state index in [9.17, 15) is 4.79 Å². The third kappa shape index (κ3) is 2.99. The summed E-state index contributed by atoms with van der Waals surface area (Å²) in [4.78, 5) is 17.1. The average molecular weight is 400 g/mol. The van der Waals surface area contributed by atoms with Crippen LogP contribution in [0.5, 0.6) is 0 Å². The normalized spacial score (nSPS) is 12.9. The van der Waals surface area contributed by atoms with E-state index in [1.54, 1.807) is 17.8 Å². The second kappa shape index (κ2) is 6.45. The van der Waals surface area contributed by atoms with E-state index in [0.717, 1.165) is 38.9 Å². The summed E-state index contributed by atoms with van der Waals surface area (Å²) in [5.74, 6) is 0.951. The molecule has 0 spiro atoms. The lowest BCUT2D eigenvalue weighted by Crippen LogP contribution is -2.12. The maximum absolute atomic E-state index is 12.4. The number of hydrogen-bond acceptors (Lipinski definition) is 3. The summed E-state index contributed by atoms with van der Waals surface area (Å²) in [5.41, 5.74) is 3.31. The summed E-state index contributed by atoms with van der Waals surface area (Å²) < 4.78 is 2.95. The summed E-state index contributed by atoms with van der Waals surface area (Å²) in [6.07, 6.45) is 2.07. The number of rotatable bonds is 3. The first kappa shape index (κ1) is 15.5. The van der Waals surface area contributed by atoms with E-state index in [1.165, 1.54) is 0 Å². The summed E-state index contributed by atoms with van der Waals surface area (Å²) in [6.45, 7) is 1.01. The van der Waals surface area contributed by atoms with Crippen LogP contribution in [0.25, 0.3) is 11.3 Å². The van der Waals surface area contributed by atoms with Gasteiger partial charge in [-0.1, -0.05) is 36.0 Å². The van der Waals surface area contributed by atoms with E-state index in [2.05, 4.69) is 37.0 Å². The number of fused-ring (bicyclic) bond motifs is 1. The Balaban J connectivity index is 1.58. The zero-order valence-electron chi connectivity index (χ0n) is 12.7. The third-order valence-corrected chi connectivity index (χ3v) is 5.50. The average Bonchev–Trinajstić information content (AvgIpc) is 3.17. The molecule has 0 bridgehead atoms. The molecule has 0 saturated carbocycles. The first-order chi connectivity index (χ1) is 11.7. The zero-order valence-corrected chi connectivity index (χ0v) is 15.1. The monoisotopic (exact) mass is 399 g/mol. The third-order valence-electron chi connectivity index (χ3n) is 3.84. The van der Waals surface area contributed by atoms with Crippen molar-refractivity contribution < 1.29 is 4.79 Å². The van der Waals surface area contributed by atoms with Gasteiger partial charge in [-0.2, -0.15) is 0 Å². The second-order valence-electron chi connectivity index (χ2n) is 5.47. The van der Waals surface area contributed by atoms with E-state index in [1.807, 2.05) is 42.5 Å². The van der Waals surface area contributed by atoms with Gasteiger partial charge < -0.3 is 9.88 Å². The van der Waals surface area contributed by atoms with Gasteiger partial charge in [-0.15, -0.1) is 0 Å². The first-order valence-corrected chi connectivity index (χ1v) is 9.35. The second-order valence-corrected chi connectivity index (χ2v) is 7.38. The Hall–Kier alpha value is -2.05. The van der Waals surface area contributed by atoms with Crippen molar-refractivity contribution in [1.82, 2.24) is 9.55 Å². The van der Waals surface area contributed by atoms with Gasteiger partial charge in [-0.05, 0) is 40.2 Å². The van der Waals surface area contributed by atoms with Crippen molar-refractivity contribution in [2.45, 2.75) is 11.7 Å². The molecule has 0 fully saturated rings. The SMILES string of the molecule is O=C(Nc1cccc(-c2cn3c(n2)SCC3)c1)c1ccccc1Br. The molecule has 2 heterocycles. The lowest BCUT2D eigenvalue weighted by atomic mass is 10.1. The highest BCUT2D eigenvalue weighted by Gasteiger charge is 2.16. The van der Waals surface area contributed by atoms with Crippen LogP contribution in [-0.4, -0.2) is 21.2 Å². The highest BCUT2D eigenvalue weighted by atomic mass is 79.9. The van der Waals surface area contributed by atoms with Crippen molar-refractivity contribution in [2.24, 2.45) is 0 Å². The van der Waals surface area contributed by atoms with E-state index < -0.39 is 0 Å². The van der Waals surface area contributed by atoms with Crippen LogP contribution in [-0.2, 0) is 6.54 Å². The lowest BCUT2D eigenvalue weighted by molar-refractivity contribution is 0.102. The van der Waals surface area contributed by atoms with Gasteiger partial charge in [0.25, 0.3) is 5.91 Å². The number of thioether (sulfide) groups is 1. The van der Waals surface area contributed by atoms with Crippen molar-refractivity contribution in [3.63, 3.8) is 0 Å². The lowest BCUT2D eigenvalue weighted by Gasteiger charge is -2.08. The first-order valence-electron chi connectivity index (χ1n) is 7.57. The number of aromatic nitrogens is 2. The Morgan fingerprint density at radius 2 is 2.08 bits per heavy atom. The summed E-state index contributed by atoms with van der Waals surface area (Å²) in [6, 6.07) is 15.2. The van der Waals surface area contributed by atoms with E-state index >= 15 is 0 Å². The number of halogens is 1. The van der Waals surface area contributed by atoms with Crippen LogP contribution < -0.4 is 5.32 Å². The number of imidazole rings is 1. The molecule has 1 aromatic heterocycles. The van der Waals surface area contributed by atoms with Crippen molar-refractivity contribution >= 4 is 39.3 Å². The summed E-state index contributed by atoms with van der Waals surface area (Å²) in [5, 5.41) is 4.01. The molecule has 24 heavy (non-hydrogen) atoms. The fraction of sp³-hybridized carbons (Fsp3) is 0.111. The maximum atomic E-state index is 12.4. The topological polar surface area (TPSA) is 46.9 Å². The Kier molecular flexibility index (Phi) is 4.16.